The van der Waals surface area contributed by atoms with Crippen molar-refractivity contribution < 1.29 is 4.79 Å². The number of rotatable bonds is 4. The third-order valence-corrected chi connectivity index (χ3v) is 4.50. The molecule has 2 N–H and O–H groups in total. The lowest BCUT2D eigenvalue weighted by Crippen LogP contribution is -2.13. The Kier molecular flexibility index (Phi) is 4.21. The molecule has 3 aromatic rings. The Hall–Kier alpha value is -2.53. The minimum atomic E-state index is -0.500. The molecule has 0 atom stereocenters. The third kappa shape index (κ3) is 3.46. The van der Waals surface area contributed by atoms with E-state index in [4.69, 9.17) is 5.73 Å². The van der Waals surface area contributed by atoms with E-state index in [1.165, 1.54) is 5.56 Å². The van der Waals surface area contributed by atoms with Gasteiger partial charge >= 0.3 is 0 Å². The SMILES string of the molecule is Cc1nc(-c2ccc(Cc3cc(C(N)=O)ncc3C)cc2)cs1. The standard InChI is InChI=1S/C18H17N3OS/c1-11-9-20-16(18(19)22)8-15(11)7-13-3-5-14(6-4-13)17-10-23-12(2)21-17/h3-6,8-10H,7H2,1-2H3,(H2,19,22). The number of carbonyl (C=O) groups excluding carboxylic acids is 1. The Morgan fingerprint density at radius 1 is 1.22 bits per heavy atom. The maximum Gasteiger partial charge on any atom is 0.267 e. The van der Waals surface area contributed by atoms with E-state index in [1.807, 2.05) is 13.8 Å². The smallest absolute Gasteiger partial charge is 0.267 e. The van der Waals surface area contributed by atoms with Gasteiger partial charge in [0.25, 0.3) is 5.91 Å². The summed E-state index contributed by atoms with van der Waals surface area (Å²) in [4.78, 5) is 19.8. The first-order valence-corrected chi connectivity index (χ1v) is 8.17. The number of nitrogens with zero attached hydrogens (tertiary/aromatic N) is 2. The van der Waals surface area contributed by atoms with Gasteiger partial charge in [-0.05, 0) is 43.0 Å². The van der Waals surface area contributed by atoms with Crippen molar-refractivity contribution >= 4 is 17.2 Å². The second kappa shape index (κ2) is 6.30. The fourth-order valence-corrected chi connectivity index (χ4v) is 3.02. The van der Waals surface area contributed by atoms with Gasteiger partial charge in [0.1, 0.15) is 5.69 Å². The van der Waals surface area contributed by atoms with Crippen LogP contribution in [0.25, 0.3) is 11.3 Å². The topological polar surface area (TPSA) is 68.9 Å². The molecule has 23 heavy (non-hydrogen) atoms. The molecule has 1 aromatic carbocycles. The highest BCUT2D eigenvalue weighted by molar-refractivity contribution is 7.09. The summed E-state index contributed by atoms with van der Waals surface area (Å²) in [7, 11) is 0. The second-order valence-electron chi connectivity index (χ2n) is 5.49. The number of benzene rings is 1. The summed E-state index contributed by atoms with van der Waals surface area (Å²) in [6.07, 6.45) is 2.44. The predicted molar refractivity (Wildman–Crippen MR) is 92.6 cm³/mol. The van der Waals surface area contributed by atoms with Gasteiger partial charge in [-0.2, -0.15) is 0 Å². The van der Waals surface area contributed by atoms with Crippen molar-refractivity contribution in [3.05, 3.63) is 69.3 Å². The lowest BCUT2D eigenvalue weighted by atomic mass is 10.00. The van der Waals surface area contributed by atoms with Crippen molar-refractivity contribution in [3.8, 4) is 11.3 Å². The van der Waals surface area contributed by atoms with Crippen LogP contribution in [0.5, 0.6) is 0 Å². The summed E-state index contributed by atoms with van der Waals surface area (Å²) in [5.41, 5.74) is 11.0. The average Bonchev–Trinajstić information content (AvgIpc) is 2.96. The Balaban J connectivity index is 1.83. The van der Waals surface area contributed by atoms with Crippen LogP contribution in [-0.4, -0.2) is 15.9 Å². The van der Waals surface area contributed by atoms with Gasteiger partial charge in [0.05, 0.1) is 10.7 Å². The molecule has 2 aromatic heterocycles. The van der Waals surface area contributed by atoms with Crippen LogP contribution in [0.1, 0.15) is 32.2 Å². The number of aromatic nitrogens is 2. The number of carbonyl (C=O) groups is 1. The summed E-state index contributed by atoms with van der Waals surface area (Å²) in [6, 6.07) is 10.1. The van der Waals surface area contributed by atoms with E-state index in [1.54, 1.807) is 23.6 Å². The molecule has 0 spiro atoms. The molecule has 0 saturated heterocycles. The lowest BCUT2D eigenvalue weighted by Gasteiger charge is -2.08. The van der Waals surface area contributed by atoms with E-state index in [2.05, 4.69) is 39.6 Å². The molecule has 116 valence electrons. The molecule has 0 radical (unpaired) electrons. The van der Waals surface area contributed by atoms with E-state index < -0.39 is 5.91 Å². The maximum atomic E-state index is 11.3. The summed E-state index contributed by atoms with van der Waals surface area (Å²) in [5, 5.41) is 3.13. The first kappa shape index (κ1) is 15.4. The van der Waals surface area contributed by atoms with E-state index in [0.717, 1.165) is 33.8 Å². The zero-order chi connectivity index (χ0) is 16.4. The summed E-state index contributed by atoms with van der Waals surface area (Å²) in [6.45, 7) is 3.99. The van der Waals surface area contributed by atoms with Gasteiger partial charge < -0.3 is 5.73 Å². The number of thiazole rings is 1. The van der Waals surface area contributed by atoms with Crippen LogP contribution in [-0.2, 0) is 6.42 Å². The molecule has 0 aliphatic carbocycles. The molecule has 0 unspecified atom stereocenters. The van der Waals surface area contributed by atoms with Crippen LogP contribution >= 0.6 is 11.3 Å². The van der Waals surface area contributed by atoms with Crippen molar-refractivity contribution in [3.63, 3.8) is 0 Å². The van der Waals surface area contributed by atoms with Gasteiger partial charge in [0.2, 0.25) is 0 Å². The highest BCUT2D eigenvalue weighted by Gasteiger charge is 2.08. The molecule has 1 amide bonds. The van der Waals surface area contributed by atoms with Crippen molar-refractivity contribution in [2.45, 2.75) is 20.3 Å². The van der Waals surface area contributed by atoms with Crippen molar-refractivity contribution in [1.82, 2.24) is 9.97 Å². The van der Waals surface area contributed by atoms with Gasteiger partial charge in [-0.3, -0.25) is 9.78 Å². The number of amides is 1. The highest BCUT2D eigenvalue weighted by atomic mass is 32.1. The molecule has 2 heterocycles. The Labute approximate surface area is 139 Å². The van der Waals surface area contributed by atoms with Crippen LogP contribution in [0.2, 0.25) is 0 Å². The van der Waals surface area contributed by atoms with E-state index >= 15 is 0 Å². The van der Waals surface area contributed by atoms with Crippen molar-refractivity contribution in [2.75, 3.05) is 0 Å². The summed E-state index contributed by atoms with van der Waals surface area (Å²) >= 11 is 1.65. The van der Waals surface area contributed by atoms with Crippen LogP contribution < -0.4 is 5.73 Å². The van der Waals surface area contributed by atoms with Crippen LogP contribution in [0.15, 0.2) is 41.9 Å². The number of hydrogen-bond donors (Lipinski definition) is 1. The van der Waals surface area contributed by atoms with Crippen LogP contribution in [0.3, 0.4) is 0 Å². The first-order chi connectivity index (χ1) is 11.0. The number of aryl methyl sites for hydroxylation is 2. The van der Waals surface area contributed by atoms with Gasteiger partial charge in [0, 0.05) is 17.1 Å². The van der Waals surface area contributed by atoms with Gasteiger partial charge in [-0.25, -0.2) is 4.98 Å². The summed E-state index contributed by atoms with van der Waals surface area (Å²) < 4.78 is 0. The van der Waals surface area contributed by atoms with E-state index in [9.17, 15) is 4.79 Å². The second-order valence-corrected chi connectivity index (χ2v) is 6.55. The van der Waals surface area contributed by atoms with Crippen molar-refractivity contribution in [1.29, 1.82) is 0 Å². The molecular weight excluding hydrogens is 306 g/mol. The van der Waals surface area contributed by atoms with E-state index in [-0.39, 0.29) is 0 Å². The molecule has 3 rings (SSSR count). The Morgan fingerprint density at radius 2 is 1.96 bits per heavy atom. The van der Waals surface area contributed by atoms with Crippen molar-refractivity contribution in [2.24, 2.45) is 5.73 Å². The van der Waals surface area contributed by atoms with Gasteiger partial charge in [-0.15, -0.1) is 11.3 Å². The molecule has 0 bridgehead atoms. The zero-order valence-corrected chi connectivity index (χ0v) is 13.9. The fraction of sp³-hybridized carbons (Fsp3) is 0.167. The molecule has 5 heteroatoms. The maximum absolute atomic E-state index is 11.3. The number of nitrogens with two attached hydrogens (primary N) is 1. The summed E-state index contributed by atoms with van der Waals surface area (Å²) in [5.74, 6) is -0.500. The minimum absolute atomic E-state index is 0.306. The lowest BCUT2D eigenvalue weighted by molar-refractivity contribution is 0.0995. The number of hydrogen-bond acceptors (Lipinski definition) is 4. The number of primary amides is 1. The zero-order valence-electron chi connectivity index (χ0n) is 13.0. The average molecular weight is 323 g/mol. The van der Waals surface area contributed by atoms with Crippen LogP contribution in [0.4, 0.5) is 0 Å². The largest absolute Gasteiger partial charge is 0.364 e. The monoisotopic (exact) mass is 323 g/mol. The molecule has 0 aliphatic rings. The normalized spacial score (nSPS) is 10.7. The van der Waals surface area contributed by atoms with Gasteiger partial charge in [-0.1, -0.05) is 24.3 Å². The fourth-order valence-electron chi connectivity index (χ4n) is 2.40. The van der Waals surface area contributed by atoms with Gasteiger partial charge in [0.15, 0.2) is 0 Å². The minimum Gasteiger partial charge on any atom is -0.364 e. The molecule has 0 saturated carbocycles. The first-order valence-electron chi connectivity index (χ1n) is 7.29. The third-order valence-electron chi connectivity index (χ3n) is 3.73. The molecule has 0 aliphatic heterocycles. The highest BCUT2D eigenvalue weighted by Crippen LogP contribution is 2.23. The quantitative estimate of drug-likeness (QED) is 0.799. The predicted octanol–water partition coefficient (Wildman–Crippen LogP) is 3.51. The molecule has 4 nitrogen and oxygen atoms in total. The van der Waals surface area contributed by atoms with Crippen LogP contribution in [0, 0.1) is 13.8 Å². The van der Waals surface area contributed by atoms with E-state index in [0.29, 0.717) is 5.69 Å². The Bertz CT molecular complexity index is 853. The molecule has 0 fully saturated rings. The number of pyridine rings is 1. The molecular formula is C18H17N3OS. The Morgan fingerprint density at radius 3 is 2.57 bits per heavy atom.